The number of ether oxygens (including phenoxy) is 1. The smallest absolute Gasteiger partial charge is 0.341 e. The second-order valence-corrected chi connectivity index (χ2v) is 8.05. The van der Waals surface area contributed by atoms with Crippen LogP contribution in [0.15, 0.2) is 47.5 Å². The van der Waals surface area contributed by atoms with E-state index in [0.717, 1.165) is 36.6 Å². The van der Waals surface area contributed by atoms with Crippen LogP contribution in [-0.4, -0.2) is 51.4 Å². The number of nitrogens with one attached hydrogen (secondary N) is 1. The molecule has 0 aliphatic carbocycles. The van der Waals surface area contributed by atoms with E-state index < -0.39 is 26.4 Å². The number of anilines is 1. The standard InChI is InChI=1S/C18H19F2N3O4S/c19-18(20)28(25,26)15-4-2-14(3-5-15)17(24)22-12-13-1-6-16(21-11-13)23-7-9-27-10-8-23/h1-6,11,18H,7-10,12H2,(H,22,24). The van der Waals surface area contributed by atoms with Crippen molar-refractivity contribution in [3.05, 3.63) is 53.7 Å². The van der Waals surface area contributed by atoms with Gasteiger partial charge < -0.3 is 15.0 Å². The zero-order chi connectivity index (χ0) is 20.1. The third-order valence-electron chi connectivity index (χ3n) is 4.28. The lowest BCUT2D eigenvalue weighted by atomic mass is 10.2. The number of nitrogens with zero attached hydrogens (tertiary/aromatic N) is 2. The largest absolute Gasteiger partial charge is 0.378 e. The summed E-state index contributed by atoms with van der Waals surface area (Å²) in [4.78, 5) is 18.2. The number of pyridine rings is 1. The molecule has 1 aromatic heterocycles. The minimum atomic E-state index is -4.67. The Kier molecular flexibility index (Phi) is 6.20. The second-order valence-electron chi connectivity index (χ2n) is 6.14. The maximum atomic E-state index is 12.5. The summed E-state index contributed by atoms with van der Waals surface area (Å²) in [5, 5.41) is 2.69. The Morgan fingerprint density at radius 1 is 1.14 bits per heavy atom. The van der Waals surface area contributed by atoms with Gasteiger partial charge in [-0.15, -0.1) is 0 Å². The minimum Gasteiger partial charge on any atom is -0.378 e. The lowest BCUT2D eigenvalue weighted by Gasteiger charge is -2.27. The number of carbonyl (C=O) groups is 1. The van der Waals surface area contributed by atoms with E-state index in [1.165, 1.54) is 12.1 Å². The third kappa shape index (κ3) is 4.63. The number of aromatic nitrogens is 1. The molecule has 0 radical (unpaired) electrons. The summed E-state index contributed by atoms with van der Waals surface area (Å²) in [5.74, 6) is -3.10. The predicted molar refractivity (Wildman–Crippen MR) is 98.1 cm³/mol. The number of hydrogen-bond acceptors (Lipinski definition) is 6. The highest BCUT2D eigenvalue weighted by molar-refractivity contribution is 7.91. The van der Waals surface area contributed by atoms with Gasteiger partial charge in [-0.1, -0.05) is 6.07 Å². The number of amides is 1. The van der Waals surface area contributed by atoms with Crippen LogP contribution in [0.2, 0.25) is 0 Å². The third-order valence-corrected chi connectivity index (χ3v) is 5.68. The van der Waals surface area contributed by atoms with Crippen molar-refractivity contribution in [2.45, 2.75) is 17.2 Å². The fourth-order valence-corrected chi connectivity index (χ4v) is 3.41. The Balaban J connectivity index is 1.58. The molecule has 150 valence electrons. The number of morpholine rings is 1. The molecule has 1 N–H and O–H groups in total. The van der Waals surface area contributed by atoms with Gasteiger partial charge in [-0.3, -0.25) is 4.79 Å². The van der Waals surface area contributed by atoms with Gasteiger partial charge in [-0.2, -0.15) is 8.78 Å². The van der Waals surface area contributed by atoms with Crippen LogP contribution in [0.3, 0.4) is 0 Å². The molecule has 0 spiro atoms. The van der Waals surface area contributed by atoms with Gasteiger partial charge in [-0.25, -0.2) is 13.4 Å². The Morgan fingerprint density at radius 2 is 1.82 bits per heavy atom. The van der Waals surface area contributed by atoms with Crippen LogP contribution < -0.4 is 10.2 Å². The van der Waals surface area contributed by atoms with Crippen molar-refractivity contribution in [2.24, 2.45) is 0 Å². The summed E-state index contributed by atoms with van der Waals surface area (Å²) in [5.41, 5.74) is 0.966. The first-order valence-electron chi connectivity index (χ1n) is 8.56. The van der Waals surface area contributed by atoms with E-state index in [0.29, 0.717) is 13.2 Å². The second kappa shape index (κ2) is 8.61. The van der Waals surface area contributed by atoms with E-state index in [9.17, 15) is 22.0 Å². The average Bonchev–Trinajstić information content (AvgIpc) is 2.73. The van der Waals surface area contributed by atoms with Crippen LogP contribution in [0.1, 0.15) is 15.9 Å². The molecule has 1 fully saturated rings. The molecule has 1 aromatic carbocycles. The van der Waals surface area contributed by atoms with Crippen molar-refractivity contribution in [1.29, 1.82) is 0 Å². The average molecular weight is 411 g/mol. The first-order valence-corrected chi connectivity index (χ1v) is 10.1. The van der Waals surface area contributed by atoms with Crippen molar-refractivity contribution in [3.63, 3.8) is 0 Å². The van der Waals surface area contributed by atoms with Crippen molar-refractivity contribution >= 4 is 21.6 Å². The zero-order valence-corrected chi connectivity index (χ0v) is 15.7. The molecule has 1 amide bonds. The molecule has 10 heteroatoms. The number of rotatable bonds is 6. The van der Waals surface area contributed by atoms with Crippen molar-refractivity contribution in [2.75, 3.05) is 31.2 Å². The Morgan fingerprint density at radius 3 is 2.39 bits per heavy atom. The van der Waals surface area contributed by atoms with Crippen LogP contribution in [0.5, 0.6) is 0 Å². The summed E-state index contributed by atoms with van der Waals surface area (Å²) < 4.78 is 53.2. The van der Waals surface area contributed by atoms with E-state index in [2.05, 4.69) is 15.2 Å². The fraction of sp³-hybridized carbons (Fsp3) is 0.333. The number of carbonyl (C=O) groups excluding carboxylic acids is 1. The molecule has 1 aliphatic heterocycles. The van der Waals surface area contributed by atoms with Gasteiger partial charge in [0.15, 0.2) is 0 Å². The monoisotopic (exact) mass is 411 g/mol. The molecule has 3 rings (SSSR count). The maximum Gasteiger partial charge on any atom is 0.341 e. The molecular formula is C18H19F2N3O4S. The highest BCUT2D eigenvalue weighted by Crippen LogP contribution is 2.19. The van der Waals surface area contributed by atoms with E-state index in [1.807, 2.05) is 12.1 Å². The zero-order valence-electron chi connectivity index (χ0n) is 14.8. The Labute approximate surface area is 161 Å². The number of benzene rings is 1. The van der Waals surface area contributed by atoms with Gasteiger partial charge in [0.2, 0.25) is 9.84 Å². The number of hydrogen-bond donors (Lipinski definition) is 1. The molecule has 2 heterocycles. The van der Waals surface area contributed by atoms with Gasteiger partial charge in [0.25, 0.3) is 5.91 Å². The summed E-state index contributed by atoms with van der Waals surface area (Å²) in [6.07, 6.45) is 1.67. The van der Waals surface area contributed by atoms with Crippen LogP contribution in [-0.2, 0) is 21.1 Å². The summed E-state index contributed by atoms with van der Waals surface area (Å²) >= 11 is 0. The molecule has 0 saturated carbocycles. The minimum absolute atomic E-state index is 0.172. The van der Waals surface area contributed by atoms with Crippen molar-refractivity contribution in [1.82, 2.24) is 10.3 Å². The van der Waals surface area contributed by atoms with Crippen molar-refractivity contribution in [3.8, 4) is 0 Å². The van der Waals surface area contributed by atoms with E-state index >= 15 is 0 Å². The lowest BCUT2D eigenvalue weighted by molar-refractivity contribution is 0.0950. The number of halogens is 2. The molecule has 1 aliphatic rings. The summed E-state index contributed by atoms with van der Waals surface area (Å²) in [6.45, 7) is 3.11. The first kappa shape index (κ1) is 20.2. The highest BCUT2D eigenvalue weighted by Gasteiger charge is 2.26. The lowest BCUT2D eigenvalue weighted by Crippen LogP contribution is -2.36. The fourth-order valence-electron chi connectivity index (χ4n) is 2.68. The van der Waals surface area contributed by atoms with Gasteiger partial charge in [0.1, 0.15) is 5.82 Å². The van der Waals surface area contributed by atoms with Crippen LogP contribution in [0, 0.1) is 0 Å². The molecule has 28 heavy (non-hydrogen) atoms. The number of sulfone groups is 1. The molecule has 0 unspecified atom stereocenters. The molecule has 1 saturated heterocycles. The van der Waals surface area contributed by atoms with E-state index in [1.54, 1.807) is 6.20 Å². The predicted octanol–water partition coefficient (Wildman–Crippen LogP) is 1.84. The molecule has 0 bridgehead atoms. The van der Waals surface area contributed by atoms with Gasteiger partial charge in [0.05, 0.1) is 18.1 Å². The maximum absolute atomic E-state index is 12.5. The van der Waals surface area contributed by atoms with E-state index in [4.69, 9.17) is 4.74 Å². The molecule has 2 aromatic rings. The van der Waals surface area contributed by atoms with Gasteiger partial charge in [-0.05, 0) is 35.9 Å². The van der Waals surface area contributed by atoms with Crippen LogP contribution >= 0.6 is 0 Å². The quantitative estimate of drug-likeness (QED) is 0.781. The van der Waals surface area contributed by atoms with Crippen molar-refractivity contribution < 1.29 is 26.7 Å². The normalized spacial score (nSPS) is 14.9. The summed E-state index contributed by atoms with van der Waals surface area (Å²) in [6, 6.07) is 8.12. The van der Waals surface area contributed by atoms with Gasteiger partial charge in [0, 0.05) is 31.4 Å². The summed E-state index contributed by atoms with van der Waals surface area (Å²) in [7, 11) is -4.67. The van der Waals surface area contributed by atoms with Crippen LogP contribution in [0.4, 0.5) is 14.6 Å². The molecule has 7 nitrogen and oxygen atoms in total. The SMILES string of the molecule is O=C(NCc1ccc(N2CCOCC2)nc1)c1ccc(S(=O)(=O)C(F)F)cc1. The molecule has 0 atom stereocenters. The van der Waals surface area contributed by atoms with Crippen LogP contribution in [0.25, 0.3) is 0 Å². The molecular weight excluding hydrogens is 392 g/mol. The Hall–Kier alpha value is -2.59. The Bertz CT molecular complexity index is 913. The highest BCUT2D eigenvalue weighted by atomic mass is 32.2. The van der Waals surface area contributed by atoms with Gasteiger partial charge >= 0.3 is 5.76 Å². The topological polar surface area (TPSA) is 88.6 Å². The number of alkyl halides is 2. The van der Waals surface area contributed by atoms with E-state index in [-0.39, 0.29) is 12.1 Å². The first-order chi connectivity index (χ1) is 13.4.